The maximum absolute atomic E-state index is 11.9. The number of aromatic amines is 1. The number of nitrogen functional groups attached to an aromatic ring is 1. The van der Waals surface area contributed by atoms with Crippen LogP contribution in [0.15, 0.2) is 54.7 Å². The van der Waals surface area contributed by atoms with Crippen LogP contribution in [0.25, 0.3) is 17.0 Å². The van der Waals surface area contributed by atoms with Gasteiger partial charge in [-0.1, -0.05) is 12.1 Å². The van der Waals surface area contributed by atoms with Crippen molar-refractivity contribution in [2.75, 3.05) is 11.1 Å². The minimum absolute atomic E-state index is 0.198. The largest absolute Gasteiger partial charge is 0.399 e. The molecule has 104 valence electrons. The molecular formula is C16H14N4O. The molecule has 2 aromatic carbocycles. The molecule has 3 rings (SSSR count). The minimum Gasteiger partial charge on any atom is -0.399 e. The topological polar surface area (TPSA) is 83.8 Å². The van der Waals surface area contributed by atoms with Gasteiger partial charge in [0.2, 0.25) is 5.91 Å². The van der Waals surface area contributed by atoms with Gasteiger partial charge in [-0.2, -0.15) is 5.10 Å². The number of hydrogen-bond acceptors (Lipinski definition) is 3. The first-order valence-corrected chi connectivity index (χ1v) is 6.48. The highest BCUT2D eigenvalue weighted by molar-refractivity contribution is 6.02. The van der Waals surface area contributed by atoms with Crippen LogP contribution >= 0.6 is 0 Å². The van der Waals surface area contributed by atoms with Crippen LogP contribution in [0.1, 0.15) is 5.56 Å². The Hall–Kier alpha value is -3.08. The number of anilines is 2. The number of carbonyl (C=O) groups is 1. The normalized spacial score (nSPS) is 11.0. The third-order valence-corrected chi connectivity index (χ3v) is 3.05. The van der Waals surface area contributed by atoms with E-state index in [1.54, 1.807) is 24.4 Å². The van der Waals surface area contributed by atoms with Crippen LogP contribution in [0, 0.1) is 0 Å². The molecule has 0 aliphatic heterocycles. The van der Waals surface area contributed by atoms with E-state index in [1.165, 1.54) is 6.08 Å². The van der Waals surface area contributed by atoms with Gasteiger partial charge in [0.1, 0.15) is 0 Å². The van der Waals surface area contributed by atoms with Gasteiger partial charge in [0.05, 0.1) is 11.7 Å². The Bertz CT molecular complexity index is 820. The van der Waals surface area contributed by atoms with Gasteiger partial charge in [-0.3, -0.25) is 9.89 Å². The molecule has 0 aliphatic carbocycles. The zero-order chi connectivity index (χ0) is 14.7. The molecule has 4 N–H and O–H groups in total. The summed E-state index contributed by atoms with van der Waals surface area (Å²) in [7, 11) is 0. The molecule has 0 aliphatic rings. The second-order valence-electron chi connectivity index (χ2n) is 4.66. The van der Waals surface area contributed by atoms with Crippen LogP contribution < -0.4 is 11.1 Å². The van der Waals surface area contributed by atoms with Gasteiger partial charge in [0.15, 0.2) is 0 Å². The molecule has 1 heterocycles. The van der Waals surface area contributed by atoms with Crippen molar-refractivity contribution >= 4 is 34.3 Å². The van der Waals surface area contributed by atoms with Gasteiger partial charge in [0.25, 0.3) is 0 Å². The van der Waals surface area contributed by atoms with Crippen LogP contribution in [-0.4, -0.2) is 16.1 Å². The smallest absolute Gasteiger partial charge is 0.248 e. The number of carbonyl (C=O) groups excluding carboxylic acids is 1. The van der Waals surface area contributed by atoms with Crippen molar-refractivity contribution < 1.29 is 4.79 Å². The fourth-order valence-corrected chi connectivity index (χ4v) is 2.03. The fourth-order valence-electron chi connectivity index (χ4n) is 2.03. The van der Waals surface area contributed by atoms with Crippen LogP contribution in [0.4, 0.5) is 11.4 Å². The quantitative estimate of drug-likeness (QED) is 0.509. The molecule has 0 saturated heterocycles. The first kappa shape index (κ1) is 12.9. The molecule has 0 saturated carbocycles. The molecule has 0 bridgehead atoms. The summed E-state index contributed by atoms with van der Waals surface area (Å²) in [5.41, 5.74) is 8.84. The van der Waals surface area contributed by atoms with Crippen LogP contribution in [0.3, 0.4) is 0 Å². The maximum Gasteiger partial charge on any atom is 0.248 e. The number of amides is 1. The monoisotopic (exact) mass is 278 g/mol. The molecule has 5 nitrogen and oxygen atoms in total. The SMILES string of the molecule is Nc1cccc(/C=C/C(=O)Nc2ccc3cn[nH]c3c2)c1. The first-order chi connectivity index (χ1) is 10.2. The van der Waals surface area contributed by atoms with Crippen molar-refractivity contribution in [1.82, 2.24) is 10.2 Å². The second kappa shape index (κ2) is 5.50. The maximum atomic E-state index is 11.9. The van der Waals surface area contributed by atoms with E-state index in [1.807, 2.05) is 30.3 Å². The summed E-state index contributed by atoms with van der Waals surface area (Å²) in [6, 6.07) is 12.9. The number of nitrogens with one attached hydrogen (secondary N) is 2. The van der Waals surface area contributed by atoms with E-state index < -0.39 is 0 Å². The molecular weight excluding hydrogens is 264 g/mol. The zero-order valence-electron chi connectivity index (χ0n) is 11.2. The van der Waals surface area contributed by atoms with Gasteiger partial charge in [0, 0.05) is 22.8 Å². The summed E-state index contributed by atoms with van der Waals surface area (Å²) in [6.45, 7) is 0. The highest BCUT2D eigenvalue weighted by atomic mass is 16.1. The molecule has 0 radical (unpaired) electrons. The summed E-state index contributed by atoms with van der Waals surface area (Å²) in [5, 5.41) is 10.6. The van der Waals surface area contributed by atoms with E-state index in [0.29, 0.717) is 11.4 Å². The number of rotatable bonds is 3. The highest BCUT2D eigenvalue weighted by Crippen LogP contribution is 2.16. The number of nitrogens with two attached hydrogens (primary N) is 1. The Labute approximate surface area is 121 Å². The van der Waals surface area contributed by atoms with Gasteiger partial charge in [-0.25, -0.2) is 0 Å². The highest BCUT2D eigenvalue weighted by Gasteiger charge is 2.01. The van der Waals surface area contributed by atoms with E-state index >= 15 is 0 Å². The lowest BCUT2D eigenvalue weighted by Gasteiger charge is -2.02. The Morgan fingerprint density at radius 3 is 3.00 bits per heavy atom. The molecule has 0 atom stereocenters. The summed E-state index contributed by atoms with van der Waals surface area (Å²) in [5.74, 6) is -0.198. The predicted molar refractivity (Wildman–Crippen MR) is 84.6 cm³/mol. The average Bonchev–Trinajstić information content (AvgIpc) is 2.93. The summed E-state index contributed by atoms with van der Waals surface area (Å²) in [6.07, 6.45) is 4.94. The van der Waals surface area contributed by atoms with Crippen LogP contribution in [0.2, 0.25) is 0 Å². The van der Waals surface area contributed by atoms with E-state index in [2.05, 4.69) is 15.5 Å². The van der Waals surface area contributed by atoms with E-state index in [-0.39, 0.29) is 5.91 Å². The van der Waals surface area contributed by atoms with Crippen molar-refractivity contribution in [2.24, 2.45) is 0 Å². The molecule has 0 spiro atoms. The van der Waals surface area contributed by atoms with Crippen molar-refractivity contribution in [2.45, 2.75) is 0 Å². The fraction of sp³-hybridized carbons (Fsp3) is 0. The molecule has 1 amide bonds. The summed E-state index contributed by atoms with van der Waals surface area (Å²) >= 11 is 0. The standard InChI is InChI=1S/C16H14N4O/c17-13-3-1-2-11(8-13)4-7-16(21)19-14-6-5-12-10-18-20-15(12)9-14/h1-10H,17H2,(H,18,20)(H,19,21)/b7-4+. The number of aromatic nitrogens is 2. The number of fused-ring (bicyclic) bond motifs is 1. The Kier molecular flexibility index (Phi) is 3.39. The molecule has 1 aromatic heterocycles. The van der Waals surface area contributed by atoms with E-state index in [9.17, 15) is 4.79 Å². The Morgan fingerprint density at radius 2 is 2.14 bits per heavy atom. The van der Waals surface area contributed by atoms with Gasteiger partial charge in [-0.05, 0) is 42.0 Å². The number of hydrogen-bond donors (Lipinski definition) is 3. The summed E-state index contributed by atoms with van der Waals surface area (Å²) in [4.78, 5) is 11.9. The number of nitrogens with zero attached hydrogens (tertiary/aromatic N) is 1. The van der Waals surface area contributed by atoms with Gasteiger partial charge < -0.3 is 11.1 Å². The van der Waals surface area contributed by atoms with E-state index in [0.717, 1.165) is 16.5 Å². The average molecular weight is 278 g/mol. The second-order valence-corrected chi connectivity index (χ2v) is 4.66. The van der Waals surface area contributed by atoms with Crippen LogP contribution in [-0.2, 0) is 4.79 Å². The van der Waals surface area contributed by atoms with Crippen molar-refractivity contribution in [3.05, 3.63) is 60.3 Å². The van der Waals surface area contributed by atoms with Crippen LogP contribution in [0.5, 0.6) is 0 Å². The lowest BCUT2D eigenvalue weighted by atomic mass is 10.2. The first-order valence-electron chi connectivity index (χ1n) is 6.48. The molecule has 0 unspecified atom stereocenters. The third kappa shape index (κ3) is 3.09. The molecule has 3 aromatic rings. The zero-order valence-corrected chi connectivity index (χ0v) is 11.2. The van der Waals surface area contributed by atoms with Crippen molar-refractivity contribution in [1.29, 1.82) is 0 Å². The van der Waals surface area contributed by atoms with Gasteiger partial charge >= 0.3 is 0 Å². The van der Waals surface area contributed by atoms with Crippen molar-refractivity contribution in [3.63, 3.8) is 0 Å². The van der Waals surface area contributed by atoms with Gasteiger partial charge in [-0.15, -0.1) is 0 Å². The summed E-state index contributed by atoms with van der Waals surface area (Å²) < 4.78 is 0. The lowest BCUT2D eigenvalue weighted by Crippen LogP contribution is -2.07. The molecule has 5 heteroatoms. The Balaban J connectivity index is 1.71. The molecule has 0 fully saturated rings. The van der Waals surface area contributed by atoms with E-state index in [4.69, 9.17) is 5.73 Å². The number of benzene rings is 2. The van der Waals surface area contributed by atoms with Crippen molar-refractivity contribution in [3.8, 4) is 0 Å². The minimum atomic E-state index is -0.198. The number of H-pyrrole nitrogens is 1. The lowest BCUT2D eigenvalue weighted by molar-refractivity contribution is -0.111. The Morgan fingerprint density at radius 1 is 1.24 bits per heavy atom. The molecule has 21 heavy (non-hydrogen) atoms. The predicted octanol–water partition coefficient (Wildman–Crippen LogP) is 2.80. The third-order valence-electron chi connectivity index (χ3n) is 3.05.